The topological polar surface area (TPSA) is 53.0 Å². The molecule has 9 heteroatoms. The van der Waals surface area contributed by atoms with Gasteiger partial charge < -0.3 is 0 Å². The van der Waals surface area contributed by atoms with Crippen molar-refractivity contribution in [2.24, 2.45) is 16.4 Å². The van der Waals surface area contributed by atoms with Gasteiger partial charge in [0.15, 0.2) is 9.84 Å². The van der Waals surface area contributed by atoms with Crippen LogP contribution >= 0.6 is 0 Å². The highest BCUT2D eigenvalue weighted by Gasteiger charge is 2.53. The van der Waals surface area contributed by atoms with Gasteiger partial charge in [-0.05, 0) is 63.8 Å². The van der Waals surface area contributed by atoms with Gasteiger partial charge in [0, 0.05) is 30.5 Å². The van der Waals surface area contributed by atoms with Gasteiger partial charge in [0.05, 0.1) is 17.5 Å². The lowest BCUT2D eigenvalue weighted by molar-refractivity contribution is -0.0602. The Balaban J connectivity index is 1.19. The molecule has 5 aliphatic rings. The third-order valence-corrected chi connectivity index (χ3v) is 10.2. The number of nitrogens with zero attached hydrogens (tertiary/aromatic N) is 3. The zero-order valence-electron chi connectivity index (χ0n) is 16.7. The summed E-state index contributed by atoms with van der Waals surface area (Å²) in [7, 11) is -2.81. The summed E-state index contributed by atoms with van der Waals surface area (Å²) in [5.41, 5.74) is -0.610. The lowest BCUT2D eigenvalue weighted by Crippen LogP contribution is -2.51. The first-order valence-corrected chi connectivity index (χ1v) is 12.8. The molecular formula is C20H30F3N3O2S. The number of sulfone groups is 1. The van der Waals surface area contributed by atoms with Crippen molar-refractivity contribution in [1.82, 2.24) is 9.91 Å². The van der Waals surface area contributed by atoms with Crippen molar-refractivity contribution in [3.05, 3.63) is 0 Å². The van der Waals surface area contributed by atoms with E-state index in [0.717, 1.165) is 64.5 Å². The average molecular weight is 434 g/mol. The summed E-state index contributed by atoms with van der Waals surface area (Å²) in [5, 5.41) is 5.86. The van der Waals surface area contributed by atoms with Crippen LogP contribution in [0, 0.1) is 11.3 Å². The number of likely N-dealkylation sites (tertiary alicyclic amines) is 1. The maximum absolute atomic E-state index is 13.3. The number of hydrazone groups is 1. The molecule has 3 aliphatic heterocycles. The molecule has 29 heavy (non-hydrogen) atoms. The summed E-state index contributed by atoms with van der Waals surface area (Å²) in [4.78, 5) is 2.46. The third-order valence-electron chi connectivity index (χ3n) is 8.08. The number of halogens is 3. The van der Waals surface area contributed by atoms with E-state index >= 15 is 0 Å². The molecular weight excluding hydrogens is 403 g/mol. The van der Waals surface area contributed by atoms with E-state index in [2.05, 4.69) is 10.0 Å². The standard InChI is InChI=1S/C20H30F3N3O2S/c21-20(22,23)18-10-17(26(24-18)16-2-1-3-16)14-4-6-15(7-5-14)25-9-8-19(11-25)12-29(27,28)13-19/h14-17H,1-13H2. The van der Waals surface area contributed by atoms with Crippen LogP contribution in [0.2, 0.25) is 0 Å². The average Bonchev–Trinajstić information content (AvgIpc) is 3.17. The van der Waals surface area contributed by atoms with Gasteiger partial charge in [0.25, 0.3) is 0 Å². The minimum absolute atomic E-state index is 0.0163. The predicted octanol–water partition coefficient (Wildman–Crippen LogP) is 3.21. The normalized spacial score (nSPS) is 37.4. The van der Waals surface area contributed by atoms with Crippen molar-refractivity contribution in [3.8, 4) is 0 Å². The molecule has 0 aromatic rings. The van der Waals surface area contributed by atoms with Crippen molar-refractivity contribution in [2.45, 2.75) is 82.1 Å². The van der Waals surface area contributed by atoms with Crippen molar-refractivity contribution < 1.29 is 21.6 Å². The summed E-state index contributed by atoms with van der Waals surface area (Å²) in [6.45, 7) is 1.84. The highest BCUT2D eigenvalue weighted by atomic mass is 32.2. The Labute approximate surface area is 170 Å². The Morgan fingerprint density at radius 1 is 1.00 bits per heavy atom. The Bertz CT molecular complexity index is 773. The Morgan fingerprint density at radius 2 is 1.69 bits per heavy atom. The van der Waals surface area contributed by atoms with Crippen molar-refractivity contribution in [1.29, 1.82) is 0 Å². The zero-order chi connectivity index (χ0) is 20.4. The number of alkyl halides is 3. The number of rotatable bonds is 3. The third kappa shape index (κ3) is 3.70. The van der Waals surface area contributed by atoms with E-state index < -0.39 is 21.7 Å². The summed E-state index contributed by atoms with van der Waals surface area (Å²) in [6.07, 6.45) is 3.59. The molecule has 2 saturated carbocycles. The minimum Gasteiger partial charge on any atom is -0.300 e. The van der Waals surface area contributed by atoms with E-state index in [-0.39, 0.29) is 29.8 Å². The van der Waals surface area contributed by atoms with Gasteiger partial charge in [0.1, 0.15) is 5.71 Å². The van der Waals surface area contributed by atoms with Gasteiger partial charge in [-0.15, -0.1) is 0 Å². The molecule has 2 aliphatic carbocycles. The summed E-state index contributed by atoms with van der Waals surface area (Å²) in [5.74, 6) is 0.944. The van der Waals surface area contributed by atoms with Crippen LogP contribution in [0.5, 0.6) is 0 Å². The van der Waals surface area contributed by atoms with E-state index in [1.165, 1.54) is 0 Å². The molecule has 5 nitrogen and oxygen atoms in total. The van der Waals surface area contributed by atoms with Crippen molar-refractivity contribution >= 4 is 15.5 Å². The van der Waals surface area contributed by atoms with Crippen LogP contribution in [0.1, 0.15) is 57.8 Å². The van der Waals surface area contributed by atoms with E-state index in [4.69, 9.17) is 0 Å². The van der Waals surface area contributed by atoms with Gasteiger partial charge in [-0.3, -0.25) is 9.91 Å². The van der Waals surface area contributed by atoms with E-state index in [0.29, 0.717) is 17.5 Å². The molecule has 164 valence electrons. The second-order valence-electron chi connectivity index (χ2n) is 10.1. The molecule has 1 atom stereocenters. The molecule has 1 unspecified atom stereocenters. The maximum Gasteiger partial charge on any atom is 0.431 e. The van der Waals surface area contributed by atoms with Gasteiger partial charge in [-0.1, -0.05) is 0 Å². The fourth-order valence-electron chi connectivity index (χ4n) is 6.36. The fraction of sp³-hybridized carbons (Fsp3) is 0.950. The van der Waals surface area contributed by atoms with Crippen LogP contribution in [0.25, 0.3) is 0 Å². The molecule has 5 rings (SSSR count). The SMILES string of the molecule is O=S1(=O)CC2(CCN(C3CCC(C4CC(C(F)(F)F)=NN4C4CCC4)CC3)C2)C1. The number of hydrogen-bond acceptors (Lipinski definition) is 5. The first kappa shape index (κ1) is 20.1. The Hall–Kier alpha value is -0.830. The second-order valence-corrected chi connectivity index (χ2v) is 12.2. The van der Waals surface area contributed by atoms with E-state index in [1.807, 2.05) is 5.01 Å². The predicted molar refractivity (Wildman–Crippen MR) is 104 cm³/mol. The van der Waals surface area contributed by atoms with E-state index in [1.54, 1.807) is 0 Å². The smallest absolute Gasteiger partial charge is 0.300 e. The molecule has 0 N–H and O–H groups in total. The maximum atomic E-state index is 13.3. The van der Waals surface area contributed by atoms with Crippen LogP contribution in [0.4, 0.5) is 13.2 Å². The van der Waals surface area contributed by atoms with Crippen LogP contribution in [-0.4, -0.2) is 72.9 Å². The number of hydrogen-bond donors (Lipinski definition) is 0. The Morgan fingerprint density at radius 3 is 2.24 bits per heavy atom. The monoisotopic (exact) mass is 433 g/mol. The molecule has 4 fully saturated rings. The van der Waals surface area contributed by atoms with Crippen molar-refractivity contribution in [2.75, 3.05) is 24.6 Å². The first-order chi connectivity index (χ1) is 13.6. The van der Waals surface area contributed by atoms with Crippen LogP contribution in [0.15, 0.2) is 5.10 Å². The van der Waals surface area contributed by atoms with Gasteiger partial charge >= 0.3 is 6.18 Å². The molecule has 0 amide bonds. The van der Waals surface area contributed by atoms with Gasteiger partial charge in [-0.25, -0.2) is 8.42 Å². The van der Waals surface area contributed by atoms with Crippen LogP contribution < -0.4 is 0 Å². The highest BCUT2D eigenvalue weighted by molar-refractivity contribution is 7.92. The fourth-order valence-corrected chi connectivity index (χ4v) is 8.62. The Kier molecular flexibility index (Phi) is 4.74. The van der Waals surface area contributed by atoms with Crippen LogP contribution in [0.3, 0.4) is 0 Å². The molecule has 0 aromatic carbocycles. The van der Waals surface area contributed by atoms with Crippen LogP contribution in [-0.2, 0) is 9.84 Å². The molecule has 2 saturated heterocycles. The quantitative estimate of drug-likeness (QED) is 0.686. The zero-order valence-corrected chi connectivity index (χ0v) is 17.5. The highest BCUT2D eigenvalue weighted by Crippen LogP contribution is 2.45. The largest absolute Gasteiger partial charge is 0.431 e. The lowest BCUT2D eigenvalue weighted by atomic mass is 9.78. The van der Waals surface area contributed by atoms with Gasteiger partial charge in [-0.2, -0.15) is 18.3 Å². The summed E-state index contributed by atoms with van der Waals surface area (Å²) < 4.78 is 63.1. The first-order valence-electron chi connectivity index (χ1n) is 11.0. The van der Waals surface area contributed by atoms with Crippen molar-refractivity contribution in [3.63, 3.8) is 0 Å². The molecule has 0 bridgehead atoms. The summed E-state index contributed by atoms with van der Waals surface area (Å²) >= 11 is 0. The molecule has 1 spiro atoms. The summed E-state index contributed by atoms with van der Waals surface area (Å²) in [6, 6.07) is 0.548. The second kappa shape index (κ2) is 6.84. The van der Waals surface area contributed by atoms with Gasteiger partial charge in [0.2, 0.25) is 0 Å². The molecule has 0 radical (unpaired) electrons. The minimum atomic E-state index is -4.32. The lowest BCUT2D eigenvalue weighted by Gasteiger charge is -2.44. The van der Waals surface area contributed by atoms with E-state index in [9.17, 15) is 21.6 Å². The molecule has 0 aromatic heterocycles. The molecule has 3 heterocycles.